The molecule has 2 aliphatic rings. The predicted octanol–water partition coefficient (Wildman–Crippen LogP) is 6.23. The standard InChI is InChI=1S/C33H40ClN3O2/c34-31-24-28(33(38)35-18-9-21-36-19-7-8-20-36)14-15-32(31)39-29-16-22-37(23-17-29)25-30(26-10-3-1-4-11-26)27-12-5-2-6-13-27/h1-6,10-15,24,29-30H,7-9,16-23,25H2,(H,35,38). The molecule has 0 saturated carbocycles. The minimum absolute atomic E-state index is 0.0791. The van der Waals surface area contributed by atoms with Crippen molar-refractivity contribution >= 4 is 17.5 Å². The number of amides is 1. The van der Waals surface area contributed by atoms with Gasteiger partial charge in [0, 0.05) is 37.7 Å². The number of hydrogen-bond donors (Lipinski definition) is 1. The first-order chi connectivity index (χ1) is 19.2. The molecule has 1 N–H and O–H groups in total. The van der Waals surface area contributed by atoms with Crippen LogP contribution < -0.4 is 10.1 Å². The molecule has 0 atom stereocenters. The lowest BCUT2D eigenvalue weighted by atomic mass is 9.90. The average molecular weight is 546 g/mol. The maximum atomic E-state index is 12.6. The first-order valence-electron chi connectivity index (χ1n) is 14.4. The fourth-order valence-electron chi connectivity index (χ4n) is 5.77. The number of ether oxygens (including phenoxy) is 1. The minimum atomic E-state index is -0.0791. The van der Waals surface area contributed by atoms with Gasteiger partial charge in [0.15, 0.2) is 0 Å². The Kier molecular flexibility index (Phi) is 9.92. The van der Waals surface area contributed by atoms with Gasteiger partial charge in [0.2, 0.25) is 0 Å². The number of hydrogen-bond acceptors (Lipinski definition) is 4. The molecule has 0 bridgehead atoms. The summed E-state index contributed by atoms with van der Waals surface area (Å²) in [6.45, 7) is 7.05. The quantitative estimate of drug-likeness (QED) is 0.290. The summed E-state index contributed by atoms with van der Waals surface area (Å²) in [5, 5.41) is 3.52. The largest absolute Gasteiger partial charge is 0.489 e. The summed E-state index contributed by atoms with van der Waals surface area (Å²) in [4.78, 5) is 17.6. The number of rotatable bonds is 11. The van der Waals surface area contributed by atoms with Crippen LogP contribution in [0, 0.1) is 0 Å². The second-order valence-corrected chi connectivity index (χ2v) is 11.2. The highest BCUT2D eigenvalue weighted by Crippen LogP contribution is 2.30. The van der Waals surface area contributed by atoms with Gasteiger partial charge >= 0.3 is 0 Å². The lowest BCUT2D eigenvalue weighted by Gasteiger charge is -2.34. The van der Waals surface area contributed by atoms with E-state index in [-0.39, 0.29) is 12.0 Å². The number of carbonyl (C=O) groups excluding carboxylic acids is 1. The summed E-state index contributed by atoms with van der Waals surface area (Å²) in [5.41, 5.74) is 3.28. The summed E-state index contributed by atoms with van der Waals surface area (Å²) in [6.07, 6.45) is 5.58. The van der Waals surface area contributed by atoms with Crippen molar-refractivity contribution in [2.75, 3.05) is 45.8 Å². The zero-order valence-electron chi connectivity index (χ0n) is 22.7. The second kappa shape index (κ2) is 14.0. The number of carbonyl (C=O) groups is 1. The number of benzene rings is 3. The van der Waals surface area contributed by atoms with Crippen molar-refractivity contribution in [2.24, 2.45) is 0 Å². The Bertz CT molecular complexity index is 1140. The molecule has 39 heavy (non-hydrogen) atoms. The van der Waals surface area contributed by atoms with Crippen LogP contribution in [0.25, 0.3) is 0 Å². The summed E-state index contributed by atoms with van der Waals surface area (Å²) in [6, 6.07) is 27.0. The molecule has 5 nitrogen and oxygen atoms in total. The first-order valence-corrected chi connectivity index (χ1v) is 14.8. The Morgan fingerprint density at radius 3 is 2.13 bits per heavy atom. The molecule has 2 saturated heterocycles. The van der Waals surface area contributed by atoms with E-state index in [1.807, 2.05) is 12.1 Å². The molecule has 0 unspecified atom stereocenters. The van der Waals surface area contributed by atoms with Crippen LogP contribution >= 0.6 is 11.6 Å². The molecule has 2 heterocycles. The number of piperidine rings is 1. The normalized spacial score (nSPS) is 17.0. The van der Waals surface area contributed by atoms with E-state index < -0.39 is 0 Å². The molecule has 0 aliphatic carbocycles. The predicted molar refractivity (Wildman–Crippen MR) is 159 cm³/mol. The van der Waals surface area contributed by atoms with Crippen LogP contribution in [0.15, 0.2) is 78.9 Å². The number of halogens is 1. The highest BCUT2D eigenvalue weighted by Gasteiger charge is 2.25. The van der Waals surface area contributed by atoms with E-state index in [1.54, 1.807) is 6.07 Å². The van der Waals surface area contributed by atoms with E-state index in [9.17, 15) is 4.79 Å². The van der Waals surface area contributed by atoms with E-state index in [4.69, 9.17) is 16.3 Å². The van der Waals surface area contributed by atoms with Gasteiger partial charge in [0.25, 0.3) is 5.91 Å². The van der Waals surface area contributed by atoms with Crippen LogP contribution in [-0.2, 0) is 0 Å². The van der Waals surface area contributed by atoms with Crippen LogP contribution in [-0.4, -0.2) is 67.6 Å². The highest BCUT2D eigenvalue weighted by molar-refractivity contribution is 6.32. The van der Waals surface area contributed by atoms with Crippen molar-refractivity contribution in [3.05, 3.63) is 101 Å². The molecule has 2 fully saturated rings. The van der Waals surface area contributed by atoms with Crippen LogP contribution in [0.1, 0.15) is 59.5 Å². The third-order valence-electron chi connectivity index (χ3n) is 8.00. The van der Waals surface area contributed by atoms with Gasteiger partial charge in [0.1, 0.15) is 11.9 Å². The molecule has 2 aliphatic heterocycles. The van der Waals surface area contributed by atoms with E-state index in [0.717, 1.165) is 45.4 Å². The number of nitrogens with zero attached hydrogens (tertiary/aromatic N) is 2. The lowest BCUT2D eigenvalue weighted by molar-refractivity contribution is 0.0950. The Morgan fingerprint density at radius 2 is 1.51 bits per heavy atom. The smallest absolute Gasteiger partial charge is 0.251 e. The average Bonchev–Trinajstić information content (AvgIpc) is 3.50. The SMILES string of the molecule is O=C(NCCCN1CCCC1)c1ccc(OC2CCN(CC(c3ccccc3)c3ccccc3)CC2)c(Cl)c1. The van der Waals surface area contributed by atoms with Crippen molar-refractivity contribution in [3.63, 3.8) is 0 Å². The van der Waals surface area contributed by atoms with Crippen LogP contribution in [0.3, 0.4) is 0 Å². The zero-order valence-corrected chi connectivity index (χ0v) is 23.5. The van der Waals surface area contributed by atoms with Crippen LogP contribution in [0.2, 0.25) is 5.02 Å². The highest BCUT2D eigenvalue weighted by atomic mass is 35.5. The van der Waals surface area contributed by atoms with E-state index in [2.05, 4.69) is 75.8 Å². The van der Waals surface area contributed by atoms with Gasteiger partial charge < -0.3 is 19.9 Å². The molecule has 5 rings (SSSR count). The molecule has 0 spiro atoms. The third-order valence-corrected chi connectivity index (χ3v) is 8.30. The van der Waals surface area contributed by atoms with Gasteiger partial charge in [-0.15, -0.1) is 0 Å². The minimum Gasteiger partial charge on any atom is -0.489 e. The van der Waals surface area contributed by atoms with E-state index >= 15 is 0 Å². The van der Waals surface area contributed by atoms with Gasteiger partial charge in [-0.2, -0.15) is 0 Å². The monoisotopic (exact) mass is 545 g/mol. The number of nitrogens with one attached hydrogen (secondary N) is 1. The maximum absolute atomic E-state index is 12.6. The first kappa shape index (κ1) is 27.7. The topological polar surface area (TPSA) is 44.8 Å². The molecule has 1 amide bonds. The van der Waals surface area contributed by atoms with Crippen molar-refractivity contribution in [3.8, 4) is 5.75 Å². The van der Waals surface area contributed by atoms with Crippen molar-refractivity contribution in [2.45, 2.75) is 44.1 Å². The van der Waals surface area contributed by atoms with Crippen molar-refractivity contribution < 1.29 is 9.53 Å². The van der Waals surface area contributed by atoms with E-state index in [1.165, 1.54) is 37.1 Å². The van der Waals surface area contributed by atoms with E-state index in [0.29, 0.717) is 28.8 Å². The molecule has 6 heteroatoms. The Balaban J connectivity index is 1.10. The lowest BCUT2D eigenvalue weighted by Crippen LogP contribution is -2.40. The molecule has 0 aromatic heterocycles. The molecule has 0 radical (unpaired) electrons. The van der Waals surface area contributed by atoms with Gasteiger partial charge in [-0.1, -0.05) is 72.3 Å². The zero-order chi connectivity index (χ0) is 26.9. The fourth-order valence-corrected chi connectivity index (χ4v) is 6.00. The summed E-state index contributed by atoms with van der Waals surface area (Å²) >= 11 is 6.55. The Hall–Kier alpha value is -2.86. The third kappa shape index (κ3) is 7.84. The Labute approximate surface area is 238 Å². The van der Waals surface area contributed by atoms with Crippen LogP contribution in [0.4, 0.5) is 0 Å². The van der Waals surface area contributed by atoms with Gasteiger partial charge in [-0.05, 0) is 81.1 Å². The maximum Gasteiger partial charge on any atom is 0.251 e. The van der Waals surface area contributed by atoms with Crippen molar-refractivity contribution in [1.82, 2.24) is 15.1 Å². The summed E-state index contributed by atoms with van der Waals surface area (Å²) in [7, 11) is 0. The molecule has 206 valence electrons. The molecule has 3 aromatic carbocycles. The molecule has 3 aromatic rings. The summed E-state index contributed by atoms with van der Waals surface area (Å²) < 4.78 is 6.30. The van der Waals surface area contributed by atoms with Gasteiger partial charge in [0.05, 0.1) is 5.02 Å². The second-order valence-electron chi connectivity index (χ2n) is 10.8. The molecular formula is C33H40ClN3O2. The molecular weight excluding hydrogens is 506 g/mol. The van der Waals surface area contributed by atoms with Gasteiger partial charge in [-0.25, -0.2) is 0 Å². The van der Waals surface area contributed by atoms with Crippen molar-refractivity contribution in [1.29, 1.82) is 0 Å². The van der Waals surface area contributed by atoms with Gasteiger partial charge in [-0.3, -0.25) is 4.79 Å². The fraction of sp³-hybridized carbons (Fsp3) is 0.424. The number of likely N-dealkylation sites (tertiary alicyclic amines) is 2. The van der Waals surface area contributed by atoms with Crippen LogP contribution in [0.5, 0.6) is 5.75 Å². The Morgan fingerprint density at radius 1 is 0.872 bits per heavy atom. The summed E-state index contributed by atoms with van der Waals surface area (Å²) in [5.74, 6) is 0.926.